The van der Waals surface area contributed by atoms with E-state index in [1.807, 2.05) is 0 Å². The molecule has 0 fully saturated rings. The van der Waals surface area contributed by atoms with Crippen LogP contribution in [0.2, 0.25) is 0 Å². The molecule has 2 aromatic carbocycles. The number of amides is 1. The number of benzene rings is 2. The van der Waals surface area contributed by atoms with Crippen molar-refractivity contribution in [1.82, 2.24) is 4.98 Å². The van der Waals surface area contributed by atoms with Gasteiger partial charge in [-0.25, -0.2) is 0 Å². The molecular weight excluding hydrogens is 430 g/mol. The fourth-order valence-electron chi connectivity index (χ4n) is 3.03. The van der Waals surface area contributed by atoms with Crippen molar-refractivity contribution < 1.29 is 19.2 Å². The Morgan fingerprint density at radius 3 is 2.59 bits per heavy atom. The third kappa shape index (κ3) is 5.84. The Hall–Kier alpha value is -3.89. The van der Waals surface area contributed by atoms with E-state index in [4.69, 9.17) is 11.1 Å². The molecule has 0 aliphatic carbocycles. The second-order valence-corrected chi connectivity index (χ2v) is 8.34. The third-order valence-corrected chi connectivity index (χ3v) is 6.18. The molecule has 9 nitrogen and oxygen atoms in total. The molecule has 0 radical (unpaired) electrons. The van der Waals surface area contributed by atoms with E-state index in [0.29, 0.717) is 27.4 Å². The van der Waals surface area contributed by atoms with Crippen LogP contribution in [0.4, 0.5) is 11.4 Å². The monoisotopic (exact) mass is 451 g/mol. The molecule has 1 amide bonds. The summed E-state index contributed by atoms with van der Waals surface area (Å²) >= 11 is -1.78. The maximum atomic E-state index is 13.4. The first-order valence-corrected chi connectivity index (χ1v) is 10.7. The van der Waals surface area contributed by atoms with Crippen LogP contribution < -0.4 is 16.4 Å². The van der Waals surface area contributed by atoms with Crippen LogP contribution >= 0.6 is 0 Å². The Bertz CT molecular complexity index is 1130. The van der Waals surface area contributed by atoms with E-state index in [1.54, 1.807) is 60.8 Å². The number of carboxylic acid groups (broad SMARTS) is 1. The molecule has 0 aliphatic rings. The van der Waals surface area contributed by atoms with Gasteiger partial charge in [-0.15, -0.1) is 0 Å². The number of aliphatic carboxylic acids is 1. The van der Waals surface area contributed by atoms with Crippen LogP contribution in [0.5, 0.6) is 0 Å². The number of aromatic nitrogens is 1. The summed E-state index contributed by atoms with van der Waals surface area (Å²) in [6, 6.07) is 16.3. The minimum absolute atomic E-state index is 0.261. The fraction of sp³-hybridized carbons (Fsp3) is 0.0909. The summed E-state index contributed by atoms with van der Waals surface area (Å²) in [6.45, 7) is 0. The Morgan fingerprint density at radius 2 is 1.91 bits per heavy atom. The molecule has 0 spiro atoms. The number of nitrogens with one attached hydrogen (secondary N) is 3. The Kier molecular flexibility index (Phi) is 7.42. The first-order chi connectivity index (χ1) is 15.3. The van der Waals surface area contributed by atoms with E-state index in [0.717, 1.165) is 0 Å². The Labute approximate surface area is 187 Å². The SMILES string of the molecule is N=C(N)Nc1cccc(C(=O)Nc2ccccc2[S+]([O-])C(CC(=O)O)c2cccnc2)c1. The quantitative estimate of drug-likeness (QED) is 0.199. The topological polar surface area (TPSA) is 164 Å². The number of para-hydroxylation sites is 1. The molecular formula is C22H21N5O4S. The van der Waals surface area contributed by atoms with Crippen molar-refractivity contribution in [2.45, 2.75) is 16.6 Å². The van der Waals surface area contributed by atoms with Crippen molar-refractivity contribution in [3.8, 4) is 0 Å². The molecule has 6 N–H and O–H groups in total. The van der Waals surface area contributed by atoms with E-state index in [1.165, 1.54) is 12.3 Å². The van der Waals surface area contributed by atoms with Crippen molar-refractivity contribution in [2.75, 3.05) is 10.6 Å². The number of guanidine groups is 1. The minimum atomic E-state index is -1.78. The lowest BCUT2D eigenvalue weighted by molar-refractivity contribution is -0.137. The maximum Gasteiger partial charge on any atom is 0.308 e. The van der Waals surface area contributed by atoms with Crippen molar-refractivity contribution in [3.63, 3.8) is 0 Å². The van der Waals surface area contributed by atoms with E-state index in [9.17, 15) is 19.2 Å². The predicted octanol–water partition coefficient (Wildman–Crippen LogP) is 2.96. The zero-order valence-corrected chi connectivity index (χ0v) is 17.6. The van der Waals surface area contributed by atoms with Gasteiger partial charge in [-0.2, -0.15) is 0 Å². The fourth-order valence-corrected chi connectivity index (χ4v) is 4.56. The Morgan fingerprint density at radius 1 is 1.12 bits per heavy atom. The normalized spacial score (nSPS) is 12.4. The van der Waals surface area contributed by atoms with Gasteiger partial charge in [0.1, 0.15) is 0 Å². The molecule has 10 heteroatoms. The van der Waals surface area contributed by atoms with E-state index in [-0.39, 0.29) is 12.4 Å². The number of carboxylic acids is 1. The second kappa shape index (κ2) is 10.4. The first kappa shape index (κ1) is 22.8. The van der Waals surface area contributed by atoms with Crippen LogP contribution in [0.1, 0.15) is 27.6 Å². The average Bonchev–Trinajstić information content (AvgIpc) is 2.77. The van der Waals surface area contributed by atoms with Gasteiger partial charge in [0.2, 0.25) is 0 Å². The summed E-state index contributed by atoms with van der Waals surface area (Å²) in [7, 11) is 0. The van der Waals surface area contributed by atoms with Gasteiger partial charge in [0.05, 0.1) is 12.1 Å². The lowest BCUT2D eigenvalue weighted by Gasteiger charge is -2.22. The van der Waals surface area contributed by atoms with Crippen LogP contribution in [0.3, 0.4) is 0 Å². The summed E-state index contributed by atoms with van der Waals surface area (Å²) < 4.78 is 13.4. The summed E-state index contributed by atoms with van der Waals surface area (Å²) in [5, 5.41) is 21.2. The molecule has 3 rings (SSSR count). The third-order valence-electron chi connectivity index (χ3n) is 4.43. The lowest BCUT2D eigenvalue weighted by Crippen LogP contribution is -2.21. The molecule has 1 heterocycles. The zero-order valence-electron chi connectivity index (χ0n) is 16.8. The van der Waals surface area contributed by atoms with Gasteiger partial charge in [0, 0.05) is 29.2 Å². The van der Waals surface area contributed by atoms with Gasteiger partial charge in [-0.1, -0.05) is 24.3 Å². The number of nitrogens with zero attached hydrogens (tertiary/aromatic N) is 1. The van der Waals surface area contributed by atoms with E-state index < -0.39 is 28.3 Å². The second-order valence-electron chi connectivity index (χ2n) is 6.74. The summed E-state index contributed by atoms with van der Waals surface area (Å²) in [5.74, 6) is -1.82. The molecule has 0 saturated heterocycles. The summed E-state index contributed by atoms with van der Waals surface area (Å²) in [6.07, 6.45) is 2.67. The number of hydrogen-bond donors (Lipinski definition) is 5. The molecule has 3 aromatic rings. The van der Waals surface area contributed by atoms with E-state index >= 15 is 0 Å². The number of nitrogens with two attached hydrogens (primary N) is 1. The van der Waals surface area contributed by atoms with Gasteiger partial charge >= 0.3 is 5.97 Å². The van der Waals surface area contributed by atoms with Gasteiger partial charge in [0.25, 0.3) is 5.91 Å². The van der Waals surface area contributed by atoms with Crippen LogP contribution in [-0.2, 0) is 16.0 Å². The van der Waals surface area contributed by atoms with Crippen LogP contribution in [0.15, 0.2) is 78.0 Å². The molecule has 0 saturated carbocycles. The zero-order chi connectivity index (χ0) is 23.1. The van der Waals surface area contributed by atoms with Gasteiger partial charge in [-0.05, 0) is 47.6 Å². The highest BCUT2D eigenvalue weighted by molar-refractivity contribution is 7.91. The lowest BCUT2D eigenvalue weighted by atomic mass is 10.1. The number of pyridine rings is 1. The van der Waals surface area contributed by atoms with Crippen molar-refractivity contribution in [3.05, 3.63) is 84.2 Å². The smallest absolute Gasteiger partial charge is 0.308 e. The van der Waals surface area contributed by atoms with E-state index in [2.05, 4.69) is 15.6 Å². The molecule has 2 atom stereocenters. The summed E-state index contributed by atoms with van der Waals surface area (Å²) in [5.41, 5.74) is 6.93. The van der Waals surface area contributed by atoms with Gasteiger partial charge in [-0.3, -0.25) is 20.0 Å². The number of carbonyl (C=O) groups is 2. The molecule has 32 heavy (non-hydrogen) atoms. The number of rotatable bonds is 8. The molecule has 1 aromatic heterocycles. The highest BCUT2D eigenvalue weighted by Crippen LogP contribution is 2.35. The van der Waals surface area contributed by atoms with Gasteiger partial charge < -0.3 is 26.0 Å². The van der Waals surface area contributed by atoms with Crippen molar-refractivity contribution in [1.29, 1.82) is 5.41 Å². The van der Waals surface area contributed by atoms with Crippen molar-refractivity contribution >= 4 is 40.4 Å². The maximum absolute atomic E-state index is 13.4. The summed E-state index contributed by atoms with van der Waals surface area (Å²) in [4.78, 5) is 28.5. The molecule has 0 aliphatic heterocycles. The highest BCUT2D eigenvalue weighted by atomic mass is 32.2. The number of carbonyl (C=O) groups excluding carboxylic acids is 1. The number of anilines is 2. The highest BCUT2D eigenvalue weighted by Gasteiger charge is 2.31. The standard InChI is InChI=1S/C22H21N5O4S/c23-22(24)26-16-7-3-5-14(11-16)21(30)27-17-8-1-2-9-18(17)32(31)19(12-20(28)29)15-6-4-10-25-13-15/h1-11,13,19H,12H2,(H,27,30)(H,28,29)(H4,23,24,26). The van der Waals surface area contributed by atoms with Crippen LogP contribution in [-0.4, -0.2) is 32.5 Å². The predicted molar refractivity (Wildman–Crippen MR) is 122 cm³/mol. The Balaban J connectivity index is 1.88. The van der Waals surface area contributed by atoms with Gasteiger partial charge in [0.15, 0.2) is 16.1 Å². The first-order valence-electron chi connectivity index (χ1n) is 9.49. The molecule has 164 valence electrons. The largest absolute Gasteiger partial charge is 0.611 e. The average molecular weight is 452 g/mol. The minimum Gasteiger partial charge on any atom is -0.611 e. The van der Waals surface area contributed by atoms with Crippen molar-refractivity contribution in [2.24, 2.45) is 5.73 Å². The molecule has 0 bridgehead atoms. The van der Waals surface area contributed by atoms with Crippen LogP contribution in [0, 0.1) is 5.41 Å². The number of hydrogen-bond acceptors (Lipinski definition) is 5. The molecule has 2 unspecified atom stereocenters. The van der Waals surface area contributed by atoms with Crippen LogP contribution in [0.25, 0.3) is 0 Å².